The lowest BCUT2D eigenvalue weighted by atomic mass is 9.90. The summed E-state index contributed by atoms with van der Waals surface area (Å²) in [6.07, 6.45) is 2.62. The Morgan fingerprint density at radius 1 is 1.50 bits per heavy atom. The van der Waals surface area contributed by atoms with E-state index >= 15 is 0 Å². The zero-order valence-corrected chi connectivity index (χ0v) is 13.6. The smallest absolute Gasteiger partial charge is 0.227 e. The van der Waals surface area contributed by atoms with Gasteiger partial charge in [-0.25, -0.2) is 4.98 Å². The number of hydrogen-bond acceptors (Lipinski definition) is 3. The fourth-order valence-electron chi connectivity index (χ4n) is 2.54. The van der Waals surface area contributed by atoms with Crippen molar-refractivity contribution in [3.63, 3.8) is 0 Å². The maximum atomic E-state index is 12.4. The minimum Gasteiger partial charge on any atom is -0.326 e. The topological polar surface area (TPSA) is 42.0 Å². The van der Waals surface area contributed by atoms with Gasteiger partial charge in [-0.3, -0.25) is 4.79 Å². The van der Waals surface area contributed by atoms with E-state index in [0.29, 0.717) is 0 Å². The summed E-state index contributed by atoms with van der Waals surface area (Å²) in [6, 6.07) is 7.70. The fraction of sp³-hybridized carbons (Fsp3) is 0.333. The summed E-state index contributed by atoms with van der Waals surface area (Å²) in [4.78, 5) is 18.2. The zero-order chi connectivity index (χ0) is 14.1. The third kappa shape index (κ3) is 2.94. The minimum atomic E-state index is 0.0568. The van der Waals surface area contributed by atoms with E-state index in [0.717, 1.165) is 34.4 Å². The number of carbonyl (C=O) groups is 1. The summed E-state index contributed by atoms with van der Waals surface area (Å²) >= 11 is 5.14. The Bertz CT molecular complexity index is 653. The highest BCUT2D eigenvalue weighted by atomic mass is 79.9. The lowest BCUT2D eigenvalue weighted by Gasteiger charge is -2.20. The molecule has 20 heavy (non-hydrogen) atoms. The van der Waals surface area contributed by atoms with Crippen molar-refractivity contribution in [3.05, 3.63) is 44.3 Å². The van der Waals surface area contributed by atoms with Crippen molar-refractivity contribution in [2.75, 3.05) is 5.32 Å². The summed E-state index contributed by atoms with van der Waals surface area (Å²) in [5, 5.41) is 4.11. The molecular formula is C15H15BrN2OS. The number of aryl methyl sites for hydroxylation is 2. The molecule has 0 fully saturated rings. The molecular weight excluding hydrogens is 336 g/mol. The summed E-state index contributed by atoms with van der Waals surface area (Å²) in [5.74, 6) is 0.168. The van der Waals surface area contributed by atoms with Crippen LogP contribution in [0.3, 0.4) is 0 Å². The predicted molar refractivity (Wildman–Crippen MR) is 85.1 cm³/mol. The van der Waals surface area contributed by atoms with Gasteiger partial charge in [0.15, 0.2) is 0 Å². The average molecular weight is 351 g/mol. The Morgan fingerprint density at radius 3 is 3.15 bits per heavy atom. The van der Waals surface area contributed by atoms with Crippen LogP contribution < -0.4 is 5.32 Å². The number of nitrogens with one attached hydrogen (secondary N) is 1. The van der Waals surface area contributed by atoms with E-state index in [1.165, 1.54) is 10.6 Å². The predicted octanol–water partition coefficient (Wildman–Crippen LogP) is 3.96. The van der Waals surface area contributed by atoms with Gasteiger partial charge in [0.05, 0.1) is 10.7 Å². The zero-order valence-electron chi connectivity index (χ0n) is 11.1. The second kappa shape index (κ2) is 5.66. The van der Waals surface area contributed by atoms with Gasteiger partial charge in [0.1, 0.15) is 0 Å². The quantitative estimate of drug-likeness (QED) is 0.890. The van der Waals surface area contributed by atoms with Crippen LogP contribution in [0.5, 0.6) is 0 Å². The number of benzene rings is 1. The van der Waals surface area contributed by atoms with Gasteiger partial charge in [-0.2, -0.15) is 0 Å². The molecule has 1 heterocycles. The van der Waals surface area contributed by atoms with Crippen molar-refractivity contribution in [3.8, 4) is 0 Å². The molecule has 3 rings (SSSR count). The highest BCUT2D eigenvalue weighted by Crippen LogP contribution is 2.30. The molecule has 0 saturated carbocycles. The molecule has 1 aromatic carbocycles. The van der Waals surface area contributed by atoms with Crippen molar-refractivity contribution in [2.45, 2.75) is 26.2 Å². The molecule has 2 aromatic rings. The normalized spacial score (nSPS) is 17.6. The lowest BCUT2D eigenvalue weighted by Crippen LogP contribution is -2.27. The minimum absolute atomic E-state index is 0.0568. The SMILES string of the molecule is Cc1nc2c(s1)CC(C(=O)Nc1cccc(Br)c1)CC2. The summed E-state index contributed by atoms with van der Waals surface area (Å²) in [6.45, 7) is 2.03. The summed E-state index contributed by atoms with van der Waals surface area (Å²) < 4.78 is 0.972. The molecule has 1 aromatic heterocycles. The second-order valence-electron chi connectivity index (χ2n) is 5.04. The van der Waals surface area contributed by atoms with Gasteiger partial charge in [0, 0.05) is 21.0 Å². The molecule has 1 aliphatic rings. The molecule has 5 heteroatoms. The molecule has 1 aliphatic carbocycles. The Labute approximate surface area is 130 Å². The number of carbonyl (C=O) groups excluding carboxylic acids is 1. The van der Waals surface area contributed by atoms with Crippen LogP contribution in [0.2, 0.25) is 0 Å². The van der Waals surface area contributed by atoms with E-state index in [1.54, 1.807) is 11.3 Å². The Balaban J connectivity index is 1.70. The van der Waals surface area contributed by atoms with E-state index in [1.807, 2.05) is 31.2 Å². The fourth-order valence-corrected chi connectivity index (χ4v) is 4.00. The molecule has 0 bridgehead atoms. The van der Waals surface area contributed by atoms with Gasteiger partial charge in [-0.05, 0) is 44.4 Å². The van der Waals surface area contributed by atoms with Crippen LogP contribution in [0.15, 0.2) is 28.7 Å². The third-order valence-corrected chi connectivity index (χ3v) is 5.04. The van der Waals surface area contributed by atoms with E-state index in [2.05, 4.69) is 26.2 Å². The molecule has 104 valence electrons. The number of amides is 1. The van der Waals surface area contributed by atoms with Gasteiger partial charge < -0.3 is 5.32 Å². The number of halogens is 1. The molecule has 1 unspecified atom stereocenters. The summed E-state index contributed by atoms with van der Waals surface area (Å²) in [7, 11) is 0. The maximum Gasteiger partial charge on any atom is 0.227 e. The van der Waals surface area contributed by atoms with Gasteiger partial charge in [0.25, 0.3) is 0 Å². The Morgan fingerprint density at radius 2 is 2.35 bits per heavy atom. The van der Waals surface area contributed by atoms with Crippen molar-refractivity contribution in [1.29, 1.82) is 0 Å². The Hall–Kier alpha value is -1.20. The standard InChI is InChI=1S/C15H15BrN2OS/c1-9-17-13-6-5-10(7-14(13)20-9)15(19)18-12-4-2-3-11(16)8-12/h2-4,8,10H,5-7H2,1H3,(H,18,19). The lowest BCUT2D eigenvalue weighted by molar-refractivity contribution is -0.120. The largest absolute Gasteiger partial charge is 0.326 e. The monoisotopic (exact) mass is 350 g/mol. The van der Waals surface area contributed by atoms with E-state index in [4.69, 9.17) is 0 Å². The molecule has 3 nitrogen and oxygen atoms in total. The van der Waals surface area contributed by atoms with E-state index < -0.39 is 0 Å². The van der Waals surface area contributed by atoms with E-state index in [-0.39, 0.29) is 11.8 Å². The van der Waals surface area contributed by atoms with Crippen molar-refractivity contribution >= 4 is 38.9 Å². The van der Waals surface area contributed by atoms with E-state index in [9.17, 15) is 4.79 Å². The molecule has 1 N–H and O–H groups in total. The molecule has 0 saturated heterocycles. The maximum absolute atomic E-state index is 12.4. The number of aromatic nitrogens is 1. The van der Waals surface area contributed by atoms with Crippen LogP contribution >= 0.6 is 27.3 Å². The first-order chi connectivity index (χ1) is 9.61. The van der Waals surface area contributed by atoms with Crippen LogP contribution in [0.25, 0.3) is 0 Å². The van der Waals surface area contributed by atoms with Crippen LogP contribution in [-0.4, -0.2) is 10.9 Å². The molecule has 1 atom stereocenters. The second-order valence-corrected chi connectivity index (χ2v) is 7.25. The number of rotatable bonds is 2. The Kier molecular flexibility index (Phi) is 3.89. The van der Waals surface area contributed by atoms with Crippen LogP contribution in [0.1, 0.15) is 22.0 Å². The number of nitrogens with zero attached hydrogens (tertiary/aromatic N) is 1. The molecule has 0 radical (unpaired) electrons. The first-order valence-electron chi connectivity index (χ1n) is 6.63. The molecule has 0 spiro atoms. The first-order valence-corrected chi connectivity index (χ1v) is 8.24. The molecule has 0 aliphatic heterocycles. The first kappa shape index (κ1) is 13.8. The number of thiazole rings is 1. The molecule has 1 amide bonds. The van der Waals surface area contributed by atoms with Crippen LogP contribution in [-0.2, 0) is 17.6 Å². The number of anilines is 1. The van der Waals surface area contributed by atoms with Gasteiger partial charge >= 0.3 is 0 Å². The van der Waals surface area contributed by atoms with Crippen molar-refractivity contribution < 1.29 is 4.79 Å². The number of hydrogen-bond donors (Lipinski definition) is 1. The summed E-state index contributed by atoms with van der Waals surface area (Å²) in [5.41, 5.74) is 2.04. The average Bonchev–Trinajstić information content (AvgIpc) is 2.77. The van der Waals surface area contributed by atoms with Gasteiger partial charge in [-0.1, -0.05) is 22.0 Å². The van der Waals surface area contributed by atoms with Crippen molar-refractivity contribution in [1.82, 2.24) is 4.98 Å². The van der Waals surface area contributed by atoms with Gasteiger partial charge in [-0.15, -0.1) is 11.3 Å². The number of fused-ring (bicyclic) bond motifs is 1. The third-order valence-electron chi connectivity index (χ3n) is 3.51. The van der Waals surface area contributed by atoms with Crippen LogP contribution in [0.4, 0.5) is 5.69 Å². The highest BCUT2D eigenvalue weighted by Gasteiger charge is 2.27. The van der Waals surface area contributed by atoms with Crippen LogP contribution in [0, 0.1) is 12.8 Å². The highest BCUT2D eigenvalue weighted by molar-refractivity contribution is 9.10. The van der Waals surface area contributed by atoms with Crippen molar-refractivity contribution in [2.24, 2.45) is 5.92 Å². The van der Waals surface area contributed by atoms with Gasteiger partial charge in [0.2, 0.25) is 5.91 Å².